The van der Waals surface area contributed by atoms with Crippen molar-refractivity contribution in [1.29, 1.82) is 0 Å². The quantitative estimate of drug-likeness (QED) is 0.680. The van der Waals surface area contributed by atoms with Gasteiger partial charge in [-0.05, 0) is 12.1 Å². The van der Waals surface area contributed by atoms with Crippen LogP contribution in [0.5, 0.6) is 11.5 Å². The van der Waals surface area contributed by atoms with Gasteiger partial charge in [0.1, 0.15) is 23.3 Å². The van der Waals surface area contributed by atoms with Crippen LogP contribution in [0.1, 0.15) is 0 Å². The Morgan fingerprint density at radius 2 is 2.14 bits per heavy atom. The molecule has 1 atom stereocenters. The van der Waals surface area contributed by atoms with Crippen molar-refractivity contribution in [3.8, 4) is 11.5 Å². The van der Waals surface area contributed by atoms with E-state index in [2.05, 4.69) is 20.4 Å². The number of amidine groups is 2. The molecule has 10 nitrogen and oxygen atoms in total. The monoisotopic (exact) mass is 405 g/mol. The van der Waals surface area contributed by atoms with Crippen LogP contribution in [0.4, 0.5) is 5.69 Å². The van der Waals surface area contributed by atoms with Crippen molar-refractivity contribution in [3.05, 3.63) is 18.2 Å². The molecular weight excluding hydrogens is 386 g/mol. The molecule has 2 aliphatic heterocycles. The molecule has 148 valence electrons. The lowest BCUT2D eigenvalue weighted by Gasteiger charge is -2.19. The molecule has 3 rings (SSSR count). The molecule has 0 bridgehead atoms. The molecule has 0 radical (unpaired) electrons. The van der Waals surface area contributed by atoms with Crippen molar-refractivity contribution < 1.29 is 24.2 Å². The van der Waals surface area contributed by atoms with Crippen LogP contribution in [0.25, 0.3) is 0 Å². The topological polar surface area (TPSA) is 125 Å². The van der Waals surface area contributed by atoms with Crippen molar-refractivity contribution in [3.63, 3.8) is 0 Å². The first-order valence-electron chi connectivity index (χ1n) is 8.34. The Morgan fingerprint density at radius 1 is 1.32 bits per heavy atom. The van der Waals surface area contributed by atoms with Crippen LogP contribution in [-0.2, 0) is 9.59 Å². The number of fused-ring (bicyclic) bond motifs is 1. The van der Waals surface area contributed by atoms with Gasteiger partial charge in [-0.3, -0.25) is 9.59 Å². The summed E-state index contributed by atoms with van der Waals surface area (Å²) < 4.78 is 10.4. The molecule has 2 heterocycles. The molecule has 2 N–H and O–H groups in total. The van der Waals surface area contributed by atoms with Crippen LogP contribution >= 0.6 is 11.8 Å². The highest BCUT2D eigenvalue weighted by atomic mass is 32.2. The Hall–Kier alpha value is -2.92. The van der Waals surface area contributed by atoms with E-state index in [0.29, 0.717) is 23.0 Å². The molecule has 1 aromatic carbocycles. The number of ether oxygens (including phenoxy) is 2. The van der Waals surface area contributed by atoms with Gasteiger partial charge in [-0.25, -0.2) is 10.0 Å². The first-order valence-corrected chi connectivity index (χ1v) is 9.32. The second-order valence-electron chi connectivity index (χ2n) is 5.69. The number of aliphatic hydroxyl groups is 1. The van der Waals surface area contributed by atoms with Gasteiger partial charge in [0, 0.05) is 12.3 Å². The highest BCUT2D eigenvalue weighted by Crippen LogP contribution is 2.29. The normalized spacial score (nSPS) is 17.8. The van der Waals surface area contributed by atoms with Crippen molar-refractivity contribution in [1.82, 2.24) is 5.01 Å². The molecule has 11 heteroatoms. The number of carbonyl (C=O) groups excluding carboxylic acids is 2. The summed E-state index contributed by atoms with van der Waals surface area (Å²) in [5, 5.41) is 17.5. The van der Waals surface area contributed by atoms with E-state index in [-0.39, 0.29) is 30.0 Å². The van der Waals surface area contributed by atoms with E-state index in [4.69, 9.17) is 14.6 Å². The van der Waals surface area contributed by atoms with Gasteiger partial charge in [0.25, 0.3) is 5.91 Å². The van der Waals surface area contributed by atoms with Gasteiger partial charge in [0.05, 0.1) is 38.8 Å². The Balaban J connectivity index is 1.62. The largest absolute Gasteiger partial charge is 0.497 e. The first-order chi connectivity index (χ1) is 13.5. The highest BCUT2D eigenvalue weighted by Gasteiger charge is 2.35. The van der Waals surface area contributed by atoms with Gasteiger partial charge in [0.2, 0.25) is 5.91 Å². The minimum absolute atomic E-state index is 0.00357. The Kier molecular flexibility index (Phi) is 6.26. The number of nitrogens with zero attached hydrogens (tertiary/aromatic N) is 4. The van der Waals surface area contributed by atoms with E-state index in [1.807, 2.05) is 0 Å². The van der Waals surface area contributed by atoms with E-state index >= 15 is 0 Å². The third-order valence-corrected chi connectivity index (χ3v) is 4.75. The van der Waals surface area contributed by atoms with Crippen LogP contribution in [0, 0.1) is 5.92 Å². The summed E-state index contributed by atoms with van der Waals surface area (Å²) in [6.45, 7) is 0.109. The number of hydrazone groups is 1. The fourth-order valence-electron chi connectivity index (χ4n) is 2.57. The lowest BCUT2D eigenvalue weighted by atomic mass is 10.1. The number of aliphatic imine (C=N–C) groups is 2. The summed E-state index contributed by atoms with van der Waals surface area (Å²) in [4.78, 5) is 32.6. The van der Waals surface area contributed by atoms with Crippen molar-refractivity contribution in [2.24, 2.45) is 21.0 Å². The van der Waals surface area contributed by atoms with Gasteiger partial charge in [-0.1, -0.05) is 11.8 Å². The maximum Gasteiger partial charge on any atom is 0.264 e. The number of thioether (sulfide) groups is 1. The summed E-state index contributed by atoms with van der Waals surface area (Å²) in [5.74, 6) is 0.158. The van der Waals surface area contributed by atoms with E-state index in [0.717, 1.165) is 11.8 Å². The van der Waals surface area contributed by atoms with E-state index < -0.39 is 11.8 Å². The zero-order valence-electron chi connectivity index (χ0n) is 15.3. The Labute approximate surface area is 165 Å². The number of benzene rings is 1. The number of hydrogen-bond acceptors (Lipinski definition) is 9. The lowest BCUT2D eigenvalue weighted by molar-refractivity contribution is -0.118. The van der Waals surface area contributed by atoms with Gasteiger partial charge in [0.15, 0.2) is 5.17 Å². The number of carbonyl (C=O) groups is 2. The number of methoxy groups -OCH3 is 2. The third-order valence-electron chi connectivity index (χ3n) is 3.91. The SMILES string of the molecule is COc1ccc(NC(=O)CSC2=NC(=O)C3C=NN(CCO)C3=N2)c(OC)c1. The molecular formula is C17H19N5O5S. The van der Waals surface area contributed by atoms with Crippen molar-refractivity contribution in [2.45, 2.75) is 0 Å². The van der Waals surface area contributed by atoms with E-state index in [1.165, 1.54) is 18.3 Å². The number of rotatable bonds is 7. The number of anilines is 1. The predicted molar refractivity (Wildman–Crippen MR) is 106 cm³/mol. The number of aliphatic hydroxyl groups excluding tert-OH is 1. The molecule has 0 fully saturated rings. The molecule has 0 saturated heterocycles. The number of hydrogen-bond donors (Lipinski definition) is 2. The summed E-state index contributed by atoms with van der Waals surface area (Å²) in [6.07, 6.45) is 1.45. The summed E-state index contributed by atoms with van der Waals surface area (Å²) >= 11 is 1.04. The number of amides is 2. The lowest BCUT2D eigenvalue weighted by Crippen LogP contribution is -2.35. The summed E-state index contributed by atoms with van der Waals surface area (Å²) in [5.41, 5.74) is 0.500. The van der Waals surface area contributed by atoms with Gasteiger partial charge < -0.3 is 19.9 Å². The Bertz CT molecular complexity index is 869. The van der Waals surface area contributed by atoms with E-state index in [1.54, 1.807) is 25.3 Å². The number of β-amino-alcohol motifs (C(OH)–C–C–N with tert-alkyl or cyclic N) is 1. The van der Waals surface area contributed by atoms with Crippen LogP contribution in [-0.4, -0.2) is 72.3 Å². The fraction of sp³-hybridized carbons (Fsp3) is 0.353. The molecule has 28 heavy (non-hydrogen) atoms. The molecule has 2 aliphatic rings. The third kappa shape index (κ3) is 4.31. The zero-order valence-corrected chi connectivity index (χ0v) is 16.1. The minimum Gasteiger partial charge on any atom is -0.497 e. The van der Waals surface area contributed by atoms with Crippen molar-refractivity contribution >= 4 is 46.5 Å². The summed E-state index contributed by atoms with van der Waals surface area (Å²) in [6, 6.07) is 5.04. The summed E-state index contributed by atoms with van der Waals surface area (Å²) in [7, 11) is 3.04. The standard InChI is InChI=1S/C17H19N5O5S/c1-26-10-3-4-12(13(7-10)27-2)19-14(24)9-28-17-20-15-11(16(25)21-17)8-18-22(15)5-6-23/h3-4,7-8,11,23H,5-6,9H2,1-2H3,(H,19,24). The molecule has 1 aromatic rings. The maximum absolute atomic E-state index is 12.3. The number of nitrogens with one attached hydrogen (secondary N) is 1. The molecule has 0 spiro atoms. The van der Waals surface area contributed by atoms with Gasteiger partial charge in [-0.2, -0.15) is 10.1 Å². The van der Waals surface area contributed by atoms with Crippen LogP contribution in [0.2, 0.25) is 0 Å². The molecule has 0 saturated carbocycles. The van der Waals surface area contributed by atoms with Crippen molar-refractivity contribution in [2.75, 3.05) is 38.4 Å². The first kappa shape index (κ1) is 19.8. The van der Waals surface area contributed by atoms with Crippen LogP contribution < -0.4 is 14.8 Å². The van der Waals surface area contributed by atoms with Crippen LogP contribution in [0.3, 0.4) is 0 Å². The molecule has 0 aromatic heterocycles. The zero-order chi connectivity index (χ0) is 20.1. The van der Waals surface area contributed by atoms with E-state index in [9.17, 15) is 9.59 Å². The Morgan fingerprint density at radius 3 is 2.86 bits per heavy atom. The second-order valence-corrected chi connectivity index (χ2v) is 6.64. The van der Waals surface area contributed by atoms with Crippen LogP contribution in [0.15, 0.2) is 33.3 Å². The smallest absolute Gasteiger partial charge is 0.264 e. The fourth-order valence-corrected chi connectivity index (χ4v) is 3.22. The van der Waals surface area contributed by atoms with Gasteiger partial charge >= 0.3 is 0 Å². The molecule has 0 aliphatic carbocycles. The predicted octanol–water partition coefficient (Wildman–Crippen LogP) is 0.580. The highest BCUT2D eigenvalue weighted by molar-refractivity contribution is 8.14. The minimum atomic E-state index is -0.631. The van der Waals surface area contributed by atoms with Gasteiger partial charge in [-0.15, -0.1) is 0 Å². The maximum atomic E-state index is 12.3. The second kappa shape index (κ2) is 8.85. The molecule has 1 unspecified atom stereocenters. The average molecular weight is 405 g/mol. The molecule has 2 amide bonds. The average Bonchev–Trinajstić information content (AvgIpc) is 3.10.